The molecular formula is C25H26N6O4. The van der Waals surface area contributed by atoms with Crippen molar-refractivity contribution in [1.82, 2.24) is 29.6 Å². The summed E-state index contributed by atoms with van der Waals surface area (Å²) in [6.45, 7) is 0.646. The van der Waals surface area contributed by atoms with Crippen LogP contribution in [0, 0.1) is 0 Å². The van der Waals surface area contributed by atoms with Gasteiger partial charge in [-0.3, -0.25) is 4.68 Å². The lowest BCUT2D eigenvalue weighted by molar-refractivity contribution is 0.0516. The SMILES string of the molecule is COCOc1cc2nn(C)cc2cc1-c1ccc2nc(C3CCN(C(=O)O)C4(CC4)C3)ncc2n1. The highest BCUT2D eigenvalue weighted by molar-refractivity contribution is 5.88. The zero-order valence-corrected chi connectivity index (χ0v) is 19.6. The fraction of sp³-hybridized carbons (Fsp3) is 0.400. The number of piperidine rings is 1. The Bertz CT molecular complexity index is 1450. The van der Waals surface area contributed by atoms with Gasteiger partial charge in [0.25, 0.3) is 0 Å². The Morgan fingerprint density at radius 2 is 2.06 bits per heavy atom. The summed E-state index contributed by atoms with van der Waals surface area (Å²) in [7, 11) is 3.47. The summed E-state index contributed by atoms with van der Waals surface area (Å²) in [5.74, 6) is 1.56. The van der Waals surface area contributed by atoms with Gasteiger partial charge < -0.3 is 19.5 Å². The molecule has 35 heavy (non-hydrogen) atoms. The number of rotatable bonds is 5. The van der Waals surface area contributed by atoms with E-state index in [2.05, 4.69) is 10.1 Å². The summed E-state index contributed by atoms with van der Waals surface area (Å²) in [6.07, 6.45) is 6.25. The first kappa shape index (κ1) is 21.7. The van der Waals surface area contributed by atoms with E-state index in [9.17, 15) is 9.90 Å². The van der Waals surface area contributed by atoms with E-state index in [-0.39, 0.29) is 18.2 Å². The standard InChI is InChI=1S/C25H26N6O4/c1-30-13-16-9-17(22(35-14-34-2)10-20(16)29-30)18-3-4-19-21(27-18)12-26-23(28-19)15-5-8-31(24(32)33)25(11-15)6-7-25/h3-4,9-10,12-13,15H,5-8,11,14H2,1-2H3,(H,32,33). The summed E-state index contributed by atoms with van der Waals surface area (Å²) < 4.78 is 12.7. The fourth-order valence-corrected chi connectivity index (χ4v) is 5.23. The van der Waals surface area contributed by atoms with Gasteiger partial charge in [-0.15, -0.1) is 0 Å². The van der Waals surface area contributed by atoms with Gasteiger partial charge in [-0.1, -0.05) is 0 Å². The van der Waals surface area contributed by atoms with Gasteiger partial charge >= 0.3 is 6.09 Å². The number of fused-ring (bicyclic) bond motifs is 2. The molecule has 1 spiro atoms. The fourth-order valence-electron chi connectivity index (χ4n) is 5.23. The Morgan fingerprint density at radius 1 is 1.20 bits per heavy atom. The van der Waals surface area contributed by atoms with Gasteiger partial charge in [0.05, 0.1) is 22.9 Å². The number of ether oxygens (including phenoxy) is 2. The molecule has 10 heteroatoms. The zero-order valence-electron chi connectivity index (χ0n) is 19.6. The Balaban J connectivity index is 1.33. The predicted molar refractivity (Wildman–Crippen MR) is 128 cm³/mol. The van der Waals surface area contributed by atoms with Crippen LogP contribution in [0.1, 0.15) is 37.4 Å². The van der Waals surface area contributed by atoms with Crippen LogP contribution in [0.4, 0.5) is 4.79 Å². The number of carboxylic acid groups (broad SMARTS) is 1. The maximum Gasteiger partial charge on any atom is 0.407 e. The third-order valence-corrected chi connectivity index (χ3v) is 7.11. The van der Waals surface area contributed by atoms with E-state index in [0.29, 0.717) is 17.8 Å². The molecule has 0 radical (unpaired) electrons. The zero-order chi connectivity index (χ0) is 24.2. The Hall–Kier alpha value is -3.79. The molecule has 3 aromatic heterocycles. The first-order chi connectivity index (χ1) is 17.0. The van der Waals surface area contributed by atoms with Crippen molar-refractivity contribution in [3.05, 3.63) is 42.5 Å². The average molecular weight is 475 g/mol. The van der Waals surface area contributed by atoms with E-state index in [0.717, 1.165) is 59.2 Å². The van der Waals surface area contributed by atoms with Crippen LogP contribution in [0.2, 0.25) is 0 Å². The number of carbonyl (C=O) groups is 1. The van der Waals surface area contributed by atoms with Crippen LogP contribution in [0.3, 0.4) is 0 Å². The van der Waals surface area contributed by atoms with Gasteiger partial charge in [0.1, 0.15) is 17.1 Å². The topological polar surface area (TPSA) is 115 Å². The Labute approximate surface area is 201 Å². The van der Waals surface area contributed by atoms with Crippen molar-refractivity contribution in [1.29, 1.82) is 0 Å². The van der Waals surface area contributed by atoms with E-state index in [1.54, 1.807) is 22.9 Å². The number of hydrogen-bond acceptors (Lipinski definition) is 7. The summed E-state index contributed by atoms with van der Waals surface area (Å²) in [5, 5.41) is 15.0. The summed E-state index contributed by atoms with van der Waals surface area (Å²) >= 11 is 0. The van der Waals surface area contributed by atoms with Crippen LogP contribution in [0.25, 0.3) is 33.2 Å². The lowest BCUT2D eigenvalue weighted by atomic mass is 9.88. The second-order valence-corrected chi connectivity index (χ2v) is 9.44. The second kappa shape index (κ2) is 8.16. The van der Waals surface area contributed by atoms with Crippen molar-refractivity contribution in [2.24, 2.45) is 7.05 Å². The minimum Gasteiger partial charge on any atom is -0.467 e. The number of methoxy groups -OCH3 is 1. The third-order valence-electron chi connectivity index (χ3n) is 7.11. The molecule has 0 bridgehead atoms. The molecule has 180 valence electrons. The largest absolute Gasteiger partial charge is 0.467 e. The molecule has 1 saturated heterocycles. The number of hydrogen-bond donors (Lipinski definition) is 1. The molecule has 4 aromatic rings. The lowest BCUT2D eigenvalue weighted by Gasteiger charge is -2.37. The highest BCUT2D eigenvalue weighted by Gasteiger charge is 2.54. The minimum atomic E-state index is -0.824. The smallest absolute Gasteiger partial charge is 0.407 e. The van der Waals surface area contributed by atoms with Crippen LogP contribution in [-0.2, 0) is 11.8 Å². The predicted octanol–water partition coefficient (Wildman–Crippen LogP) is 3.95. The van der Waals surface area contributed by atoms with E-state index >= 15 is 0 Å². The highest BCUT2D eigenvalue weighted by Crippen LogP contribution is 2.52. The Kier molecular flexibility index (Phi) is 5.06. The van der Waals surface area contributed by atoms with Gasteiger partial charge in [-0.05, 0) is 43.9 Å². The molecule has 1 unspecified atom stereocenters. The second-order valence-electron chi connectivity index (χ2n) is 9.44. The molecular weight excluding hydrogens is 448 g/mol. The molecule has 1 aromatic carbocycles. The Morgan fingerprint density at radius 3 is 2.83 bits per heavy atom. The molecule has 1 aliphatic heterocycles. The van der Waals surface area contributed by atoms with Crippen LogP contribution in [0.15, 0.2) is 36.7 Å². The van der Waals surface area contributed by atoms with Crippen molar-refractivity contribution < 1.29 is 19.4 Å². The maximum atomic E-state index is 11.6. The number of aromatic nitrogens is 5. The molecule has 1 N–H and O–H groups in total. The monoisotopic (exact) mass is 474 g/mol. The number of likely N-dealkylation sites (tertiary alicyclic amines) is 1. The van der Waals surface area contributed by atoms with Crippen molar-refractivity contribution in [3.63, 3.8) is 0 Å². The van der Waals surface area contributed by atoms with Gasteiger partial charge in [0.2, 0.25) is 0 Å². The third kappa shape index (κ3) is 3.83. The van der Waals surface area contributed by atoms with Crippen molar-refractivity contribution >= 4 is 28.0 Å². The van der Waals surface area contributed by atoms with Crippen LogP contribution < -0.4 is 4.74 Å². The van der Waals surface area contributed by atoms with Gasteiger partial charge in [0.15, 0.2) is 6.79 Å². The molecule has 2 fully saturated rings. The van der Waals surface area contributed by atoms with E-state index in [4.69, 9.17) is 19.4 Å². The number of nitrogens with zero attached hydrogens (tertiary/aromatic N) is 6. The molecule has 1 saturated carbocycles. The van der Waals surface area contributed by atoms with Gasteiger partial charge in [-0.25, -0.2) is 19.7 Å². The molecule has 10 nitrogen and oxygen atoms in total. The normalized spacial score (nSPS) is 18.9. The molecule has 1 atom stereocenters. The molecule has 4 heterocycles. The van der Waals surface area contributed by atoms with E-state index in [1.165, 1.54) is 0 Å². The minimum absolute atomic E-state index is 0.119. The van der Waals surface area contributed by atoms with Crippen LogP contribution in [0.5, 0.6) is 5.75 Å². The summed E-state index contributed by atoms with van der Waals surface area (Å²) in [6, 6.07) is 7.80. The quantitative estimate of drug-likeness (QED) is 0.432. The maximum absolute atomic E-state index is 11.6. The molecule has 1 amide bonds. The summed E-state index contributed by atoms with van der Waals surface area (Å²) in [4.78, 5) is 27.5. The first-order valence-corrected chi connectivity index (χ1v) is 11.7. The van der Waals surface area contributed by atoms with Crippen molar-refractivity contribution in [2.45, 2.75) is 37.1 Å². The molecule has 2 aliphatic rings. The molecule has 1 aliphatic carbocycles. The number of aryl methyl sites for hydroxylation is 1. The summed E-state index contributed by atoms with van der Waals surface area (Å²) in [5.41, 5.74) is 3.66. The number of amides is 1. The van der Waals surface area contributed by atoms with Gasteiger partial charge in [-0.2, -0.15) is 5.10 Å². The number of pyridine rings is 1. The average Bonchev–Trinajstić information content (AvgIpc) is 3.50. The highest BCUT2D eigenvalue weighted by atomic mass is 16.7. The van der Waals surface area contributed by atoms with Crippen LogP contribution >= 0.6 is 0 Å². The number of benzene rings is 1. The van der Waals surface area contributed by atoms with E-state index < -0.39 is 6.09 Å². The molecule has 6 rings (SSSR count). The van der Waals surface area contributed by atoms with Crippen LogP contribution in [-0.4, -0.2) is 66.8 Å². The van der Waals surface area contributed by atoms with Crippen molar-refractivity contribution in [2.75, 3.05) is 20.4 Å². The van der Waals surface area contributed by atoms with Gasteiger partial charge in [0, 0.05) is 55.4 Å². The lowest BCUT2D eigenvalue weighted by Crippen LogP contribution is -2.47. The van der Waals surface area contributed by atoms with Crippen molar-refractivity contribution in [3.8, 4) is 17.0 Å². The van der Waals surface area contributed by atoms with E-state index in [1.807, 2.05) is 37.5 Å². The first-order valence-electron chi connectivity index (χ1n) is 11.7.